The first-order valence-electron chi connectivity index (χ1n) is 6.55. The number of methoxy groups -OCH3 is 1. The fraction of sp³-hybridized carbons (Fsp3) is 0.176. The van der Waals surface area contributed by atoms with Crippen LogP contribution < -0.4 is 4.74 Å². The maximum atomic E-state index is 6.31. The molecule has 0 aliphatic heterocycles. The third-order valence-corrected chi connectivity index (χ3v) is 3.88. The predicted molar refractivity (Wildman–Crippen MR) is 83.8 cm³/mol. The van der Waals surface area contributed by atoms with Crippen LogP contribution >= 0.6 is 11.6 Å². The van der Waals surface area contributed by atoms with E-state index < -0.39 is 0 Å². The van der Waals surface area contributed by atoms with E-state index in [4.69, 9.17) is 16.3 Å². The van der Waals surface area contributed by atoms with Crippen LogP contribution in [0, 0.1) is 6.92 Å². The Labute approximate surface area is 123 Å². The molecule has 3 heteroatoms. The molecule has 2 nitrogen and oxygen atoms in total. The lowest BCUT2D eigenvalue weighted by Crippen LogP contribution is -1.98. The second-order valence-electron chi connectivity index (χ2n) is 4.96. The Hall–Kier alpha value is -1.93. The highest BCUT2D eigenvalue weighted by atomic mass is 35.5. The molecular formula is C17H16ClNO. The van der Waals surface area contributed by atoms with Crippen molar-refractivity contribution in [2.75, 3.05) is 7.11 Å². The zero-order valence-corrected chi connectivity index (χ0v) is 12.3. The molecule has 20 heavy (non-hydrogen) atoms. The summed E-state index contributed by atoms with van der Waals surface area (Å²) in [6.45, 7) is 2.82. The van der Waals surface area contributed by atoms with Crippen molar-refractivity contribution in [3.63, 3.8) is 0 Å². The van der Waals surface area contributed by atoms with Gasteiger partial charge in [0, 0.05) is 28.7 Å². The fourth-order valence-electron chi connectivity index (χ4n) is 2.41. The van der Waals surface area contributed by atoms with Gasteiger partial charge in [0.15, 0.2) is 0 Å². The van der Waals surface area contributed by atoms with Crippen molar-refractivity contribution in [3.05, 3.63) is 64.8 Å². The topological polar surface area (TPSA) is 14.2 Å². The lowest BCUT2D eigenvalue weighted by atomic mass is 10.1. The molecule has 0 saturated carbocycles. The number of hydrogen-bond acceptors (Lipinski definition) is 1. The van der Waals surface area contributed by atoms with E-state index in [2.05, 4.69) is 35.0 Å². The Balaban J connectivity index is 1.98. The van der Waals surface area contributed by atoms with Crippen LogP contribution in [0.1, 0.15) is 11.1 Å². The Morgan fingerprint density at radius 1 is 1.10 bits per heavy atom. The Kier molecular flexibility index (Phi) is 3.41. The van der Waals surface area contributed by atoms with Crippen LogP contribution in [0.3, 0.4) is 0 Å². The van der Waals surface area contributed by atoms with E-state index in [9.17, 15) is 0 Å². The molecule has 0 spiro atoms. The average molecular weight is 286 g/mol. The van der Waals surface area contributed by atoms with Crippen LogP contribution in [0.15, 0.2) is 48.7 Å². The molecule has 0 fully saturated rings. The van der Waals surface area contributed by atoms with Crippen LogP contribution in [-0.4, -0.2) is 11.7 Å². The molecule has 3 aromatic rings. The molecule has 0 radical (unpaired) electrons. The molecule has 2 aromatic carbocycles. The Morgan fingerprint density at radius 3 is 2.70 bits per heavy atom. The number of rotatable bonds is 3. The van der Waals surface area contributed by atoms with E-state index in [1.165, 1.54) is 16.5 Å². The monoisotopic (exact) mass is 285 g/mol. The largest absolute Gasteiger partial charge is 0.497 e. The molecule has 102 valence electrons. The summed E-state index contributed by atoms with van der Waals surface area (Å²) in [6, 6.07) is 14.4. The minimum Gasteiger partial charge on any atom is -0.497 e. The Bertz CT molecular complexity index is 761. The molecule has 0 N–H and O–H groups in total. The number of aromatic nitrogens is 1. The lowest BCUT2D eigenvalue weighted by molar-refractivity contribution is 0.415. The van der Waals surface area contributed by atoms with Gasteiger partial charge in [0.25, 0.3) is 0 Å². The quantitative estimate of drug-likeness (QED) is 0.683. The van der Waals surface area contributed by atoms with Crippen molar-refractivity contribution in [2.45, 2.75) is 13.5 Å². The molecule has 3 rings (SSSR count). The number of nitrogens with zero attached hydrogens (tertiary/aromatic N) is 1. The van der Waals surface area contributed by atoms with Gasteiger partial charge in [-0.1, -0.05) is 23.7 Å². The van der Waals surface area contributed by atoms with Gasteiger partial charge in [-0.2, -0.15) is 0 Å². The highest BCUT2D eigenvalue weighted by Crippen LogP contribution is 2.24. The molecule has 1 heterocycles. The molecule has 0 unspecified atom stereocenters. The van der Waals surface area contributed by atoms with E-state index in [0.29, 0.717) is 0 Å². The van der Waals surface area contributed by atoms with Crippen molar-refractivity contribution in [1.82, 2.24) is 4.57 Å². The molecule has 0 bridgehead atoms. The summed E-state index contributed by atoms with van der Waals surface area (Å²) in [5, 5.41) is 1.99. The third kappa shape index (κ3) is 2.39. The summed E-state index contributed by atoms with van der Waals surface area (Å²) in [5.41, 5.74) is 3.49. The summed E-state index contributed by atoms with van der Waals surface area (Å²) in [4.78, 5) is 0. The summed E-state index contributed by atoms with van der Waals surface area (Å²) in [6.07, 6.45) is 2.08. The van der Waals surface area contributed by atoms with E-state index in [-0.39, 0.29) is 0 Å². The van der Waals surface area contributed by atoms with Gasteiger partial charge in [-0.05, 0) is 48.4 Å². The number of ether oxygens (including phenoxy) is 1. The number of halogens is 1. The number of benzene rings is 2. The number of hydrogen-bond donors (Lipinski definition) is 0. The summed E-state index contributed by atoms with van der Waals surface area (Å²) in [7, 11) is 1.68. The van der Waals surface area contributed by atoms with Gasteiger partial charge in [0.1, 0.15) is 5.75 Å². The highest BCUT2D eigenvalue weighted by molar-refractivity contribution is 6.31. The van der Waals surface area contributed by atoms with Crippen LogP contribution in [-0.2, 0) is 6.54 Å². The maximum Gasteiger partial charge on any atom is 0.119 e. The van der Waals surface area contributed by atoms with Crippen LogP contribution in [0.25, 0.3) is 10.9 Å². The van der Waals surface area contributed by atoms with Gasteiger partial charge in [-0.3, -0.25) is 0 Å². The zero-order chi connectivity index (χ0) is 14.1. The standard InChI is InChI=1S/C17H16ClNO/c1-12-3-4-14(16(18)9-12)11-19-8-7-13-10-15(20-2)5-6-17(13)19/h3-10H,11H2,1-2H3. The Morgan fingerprint density at radius 2 is 1.95 bits per heavy atom. The molecule has 1 aromatic heterocycles. The fourth-order valence-corrected chi connectivity index (χ4v) is 2.70. The molecular weight excluding hydrogens is 270 g/mol. The van der Waals surface area contributed by atoms with E-state index in [0.717, 1.165) is 22.9 Å². The predicted octanol–water partition coefficient (Wildman–Crippen LogP) is 4.66. The molecule has 0 atom stereocenters. The van der Waals surface area contributed by atoms with Crippen LogP contribution in [0.2, 0.25) is 5.02 Å². The van der Waals surface area contributed by atoms with Gasteiger partial charge in [-0.25, -0.2) is 0 Å². The second-order valence-corrected chi connectivity index (χ2v) is 5.37. The van der Waals surface area contributed by atoms with E-state index in [1.54, 1.807) is 7.11 Å². The van der Waals surface area contributed by atoms with Gasteiger partial charge < -0.3 is 9.30 Å². The lowest BCUT2D eigenvalue weighted by Gasteiger charge is -2.09. The molecule has 0 aliphatic carbocycles. The summed E-state index contributed by atoms with van der Waals surface area (Å²) in [5.74, 6) is 0.878. The average Bonchev–Trinajstić information content (AvgIpc) is 2.84. The van der Waals surface area contributed by atoms with Crippen molar-refractivity contribution in [2.24, 2.45) is 0 Å². The van der Waals surface area contributed by atoms with Gasteiger partial charge in [-0.15, -0.1) is 0 Å². The van der Waals surface area contributed by atoms with E-state index >= 15 is 0 Å². The van der Waals surface area contributed by atoms with Crippen molar-refractivity contribution < 1.29 is 4.74 Å². The maximum absolute atomic E-state index is 6.31. The molecule has 0 amide bonds. The van der Waals surface area contributed by atoms with Crippen molar-refractivity contribution >= 4 is 22.5 Å². The summed E-state index contributed by atoms with van der Waals surface area (Å²) >= 11 is 6.31. The zero-order valence-electron chi connectivity index (χ0n) is 11.6. The SMILES string of the molecule is COc1ccc2c(ccn2Cc2ccc(C)cc2Cl)c1. The van der Waals surface area contributed by atoms with Gasteiger partial charge in [0.2, 0.25) is 0 Å². The van der Waals surface area contributed by atoms with Crippen molar-refractivity contribution in [1.29, 1.82) is 0 Å². The minimum atomic E-state index is 0.773. The number of fused-ring (bicyclic) bond motifs is 1. The smallest absolute Gasteiger partial charge is 0.119 e. The first-order chi connectivity index (χ1) is 9.67. The highest BCUT2D eigenvalue weighted by Gasteiger charge is 2.06. The minimum absolute atomic E-state index is 0.773. The second kappa shape index (κ2) is 5.22. The molecule has 0 aliphatic rings. The van der Waals surface area contributed by atoms with Crippen molar-refractivity contribution in [3.8, 4) is 5.75 Å². The normalized spacial score (nSPS) is 10.9. The van der Waals surface area contributed by atoms with E-state index in [1.807, 2.05) is 25.1 Å². The number of aryl methyl sites for hydroxylation is 1. The summed E-state index contributed by atoms with van der Waals surface area (Å²) < 4.78 is 7.45. The van der Waals surface area contributed by atoms with Crippen LogP contribution in [0.5, 0.6) is 5.75 Å². The first-order valence-corrected chi connectivity index (χ1v) is 6.93. The molecule has 0 saturated heterocycles. The van der Waals surface area contributed by atoms with Gasteiger partial charge >= 0.3 is 0 Å². The van der Waals surface area contributed by atoms with Crippen LogP contribution in [0.4, 0.5) is 0 Å². The van der Waals surface area contributed by atoms with Gasteiger partial charge in [0.05, 0.1) is 7.11 Å². The first kappa shape index (κ1) is 13.1. The third-order valence-electron chi connectivity index (χ3n) is 3.53.